The zero-order valence-corrected chi connectivity index (χ0v) is 13.2. The lowest BCUT2D eigenvalue weighted by Gasteiger charge is -2.13. The minimum atomic E-state index is -0.624. The van der Waals surface area contributed by atoms with E-state index in [0.29, 0.717) is 18.7 Å². The monoisotopic (exact) mass is 312 g/mol. The molecule has 1 heterocycles. The predicted octanol–water partition coefficient (Wildman–Crippen LogP) is 1.82. The van der Waals surface area contributed by atoms with Crippen LogP contribution < -0.4 is 16.0 Å². The van der Waals surface area contributed by atoms with Crippen LogP contribution in [0.5, 0.6) is 0 Å². The van der Waals surface area contributed by atoms with E-state index in [9.17, 15) is 9.59 Å². The van der Waals surface area contributed by atoms with E-state index in [0.717, 1.165) is 11.3 Å². The second-order valence-electron chi connectivity index (χ2n) is 5.38. The fourth-order valence-electron chi connectivity index (χ4n) is 2.09. The Morgan fingerprint density at radius 2 is 1.91 bits per heavy atom. The first-order chi connectivity index (χ1) is 11.0. The van der Waals surface area contributed by atoms with Gasteiger partial charge in [0, 0.05) is 26.2 Å². The summed E-state index contributed by atoms with van der Waals surface area (Å²) < 4.78 is 0. The largest absolute Gasteiger partial charge is 0.378 e. The Morgan fingerprint density at radius 3 is 2.61 bits per heavy atom. The number of amides is 2. The predicted molar refractivity (Wildman–Crippen MR) is 90.5 cm³/mol. The Morgan fingerprint density at radius 1 is 1.17 bits per heavy atom. The first kappa shape index (κ1) is 16.5. The highest BCUT2D eigenvalue weighted by atomic mass is 16.2. The summed E-state index contributed by atoms with van der Waals surface area (Å²) in [5.41, 5.74) is 7.48. The molecule has 0 saturated heterocycles. The van der Waals surface area contributed by atoms with E-state index in [1.807, 2.05) is 37.2 Å². The topological polar surface area (TPSA) is 88.3 Å². The summed E-state index contributed by atoms with van der Waals surface area (Å²) in [5, 5.41) is 2.68. The van der Waals surface area contributed by atoms with Crippen LogP contribution in [0.15, 0.2) is 42.5 Å². The van der Waals surface area contributed by atoms with Gasteiger partial charge in [0.15, 0.2) is 0 Å². The van der Waals surface area contributed by atoms with E-state index in [2.05, 4.69) is 16.4 Å². The molecule has 0 atom stereocenters. The number of nitrogens with two attached hydrogens (primary N) is 1. The lowest BCUT2D eigenvalue weighted by atomic mass is 10.1. The van der Waals surface area contributed by atoms with Crippen LogP contribution >= 0.6 is 0 Å². The van der Waals surface area contributed by atoms with Crippen molar-refractivity contribution in [3.05, 3.63) is 53.7 Å². The van der Waals surface area contributed by atoms with Crippen LogP contribution in [0.1, 0.15) is 22.5 Å². The van der Waals surface area contributed by atoms with E-state index in [-0.39, 0.29) is 11.6 Å². The van der Waals surface area contributed by atoms with Gasteiger partial charge in [-0.2, -0.15) is 0 Å². The highest BCUT2D eigenvalue weighted by Crippen LogP contribution is 2.15. The van der Waals surface area contributed by atoms with E-state index in [1.165, 1.54) is 6.07 Å². The van der Waals surface area contributed by atoms with Gasteiger partial charge in [-0.25, -0.2) is 4.98 Å². The number of anilines is 2. The Kier molecular flexibility index (Phi) is 5.30. The molecule has 0 saturated carbocycles. The molecule has 6 heteroatoms. The third-order valence-corrected chi connectivity index (χ3v) is 3.34. The van der Waals surface area contributed by atoms with Crippen LogP contribution in [0.4, 0.5) is 11.5 Å². The van der Waals surface area contributed by atoms with E-state index in [1.54, 1.807) is 12.1 Å². The van der Waals surface area contributed by atoms with Crippen LogP contribution in [0.3, 0.4) is 0 Å². The maximum atomic E-state index is 12.0. The summed E-state index contributed by atoms with van der Waals surface area (Å²) in [5.74, 6) is -0.454. The summed E-state index contributed by atoms with van der Waals surface area (Å²) in [7, 11) is 3.95. The Balaban J connectivity index is 1.94. The lowest BCUT2D eigenvalue weighted by molar-refractivity contribution is -0.116. The maximum absolute atomic E-state index is 12.0. The smallest absolute Gasteiger partial charge is 0.267 e. The van der Waals surface area contributed by atoms with Gasteiger partial charge in [0.1, 0.15) is 11.5 Å². The van der Waals surface area contributed by atoms with E-state index < -0.39 is 5.91 Å². The first-order valence-corrected chi connectivity index (χ1v) is 7.28. The number of hydrogen-bond acceptors (Lipinski definition) is 4. The van der Waals surface area contributed by atoms with Crippen molar-refractivity contribution in [3.63, 3.8) is 0 Å². The highest BCUT2D eigenvalue weighted by Gasteiger charge is 2.07. The second kappa shape index (κ2) is 7.40. The van der Waals surface area contributed by atoms with E-state index >= 15 is 0 Å². The summed E-state index contributed by atoms with van der Waals surface area (Å²) in [6.45, 7) is 0. The summed E-state index contributed by atoms with van der Waals surface area (Å²) in [6.07, 6.45) is 0.961. The molecule has 23 heavy (non-hydrogen) atoms. The molecule has 6 nitrogen and oxygen atoms in total. The van der Waals surface area contributed by atoms with Crippen molar-refractivity contribution in [3.8, 4) is 0 Å². The molecule has 0 radical (unpaired) electrons. The van der Waals surface area contributed by atoms with Crippen molar-refractivity contribution in [1.29, 1.82) is 0 Å². The number of carbonyl (C=O) groups is 2. The van der Waals surface area contributed by atoms with Gasteiger partial charge in [0.25, 0.3) is 5.91 Å². The van der Waals surface area contributed by atoms with Gasteiger partial charge in [-0.1, -0.05) is 18.2 Å². The summed E-state index contributed by atoms with van der Waals surface area (Å²) in [4.78, 5) is 29.1. The molecule has 3 N–H and O–H groups in total. The van der Waals surface area contributed by atoms with Gasteiger partial charge in [0.05, 0.1) is 0 Å². The summed E-state index contributed by atoms with van der Waals surface area (Å²) in [6, 6.07) is 12.8. The van der Waals surface area contributed by atoms with Crippen LogP contribution in [-0.2, 0) is 11.2 Å². The van der Waals surface area contributed by atoms with Gasteiger partial charge in [0.2, 0.25) is 5.91 Å². The Bertz CT molecular complexity index is 713. The maximum Gasteiger partial charge on any atom is 0.267 e. The number of pyridine rings is 1. The van der Waals surface area contributed by atoms with Crippen molar-refractivity contribution in [1.82, 2.24) is 4.98 Å². The average Bonchev–Trinajstić information content (AvgIpc) is 2.53. The lowest BCUT2D eigenvalue weighted by Crippen LogP contribution is -2.17. The molecule has 120 valence electrons. The second-order valence-corrected chi connectivity index (χ2v) is 5.38. The average molecular weight is 312 g/mol. The van der Waals surface area contributed by atoms with Crippen LogP contribution in [0.2, 0.25) is 0 Å². The SMILES string of the molecule is CN(C)c1cccc(CCC(=O)Nc2cccc(C(N)=O)n2)c1. The molecule has 2 aromatic rings. The molecule has 2 amide bonds. The number of hydrogen-bond donors (Lipinski definition) is 2. The zero-order valence-electron chi connectivity index (χ0n) is 13.2. The van der Waals surface area contributed by atoms with Gasteiger partial charge in [-0.3, -0.25) is 9.59 Å². The van der Waals surface area contributed by atoms with Crippen molar-refractivity contribution >= 4 is 23.3 Å². The van der Waals surface area contributed by atoms with Crippen molar-refractivity contribution in [2.45, 2.75) is 12.8 Å². The fraction of sp³-hybridized carbons (Fsp3) is 0.235. The molecule has 0 unspecified atom stereocenters. The van der Waals surface area contributed by atoms with Crippen molar-refractivity contribution in [2.24, 2.45) is 5.73 Å². The molecule has 0 spiro atoms. The number of benzene rings is 1. The number of carbonyl (C=O) groups excluding carboxylic acids is 2. The number of aromatic nitrogens is 1. The number of nitrogens with one attached hydrogen (secondary N) is 1. The zero-order chi connectivity index (χ0) is 16.8. The van der Waals surface area contributed by atoms with Gasteiger partial charge in [-0.05, 0) is 36.2 Å². The Hall–Kier alpha value is -2.89. The van der Waals surface area contributed by atoms with Crippen LogP contribution in [-0.4, -0.2) is 30.9 Å². The quantitative estimate of drug-likeness (QED) is 0.851. The number of aryl methyl sites for hydroxylation is 1. The van der Waals surface area contributed by atoms with Crippen molar-refractivity contribution < 1.29 is 9.59 Å². The molecule has 0 aliphatic rings. The summed E-state index contributed by atoms with van der Waals surface area (Å²) >= 11 is 0. The van der Waals surface area contributed by atoms with Crippen LogP contribution in [0, 0.1) is 0 Å². The van der Waals surface area contributed by atoms with E-state index in [4.69, 9.17) is 5.73 Å². The third-order valence-electron chi connectivity index (χ3n) is 3.34. The Labute approximate surface area is 135 Å². The molecule has 2 rings (SSSR count). The normalized spacial score (nSPS) is 10.2. The molecule has 0 aliphatic heterocycles. The molecule has 0 bridgehead atoms. The minimum Gasteiger partial charge on any atom is -0.378 e. The standard InChI is InChI=1S/C17H20N4O2/c1-21(2)13-6-3-5-12(11-13)9-10-16(22)20-15-8-4-7-14(19-15)17(18)23/h3-8,11H,9-10H2,1-2H3,(H2,18,23)(H,19,20,22). The molecule has 0 fully saturated rings. The van der Waals surface area contributed by atoms with Crippen LogP contribution in [0.25, 0.3) is 0 Å². The van der Waals surface area contributed by atoms with Gasteiger partial charge >= 0.3 is 0 Å². The molecule has 1 aromatic carbocycles. The molecule has 1 aromatic heterocycles. The van der Waals surface area contributed by atoms with Crippen molar-refractivity contribution in [2.75, 3.05) is 24.3 Å². The number of rotatable bonds is 6. The highest BCUT2D eigenvalue weighted by molar-refractivity contribution is 5.93. The molecule has 0 aliphatic carbocycles. The van der Waals surface area contributed by atoms with Gasteiger partial charge in [-0.15, -0.1) is 0 Å². The molecular formula is C17H20N4O2. The first-order valence-electron chi connectivity index (χ1n) is 7.28. The fourth-order valence-corrected chi connectivity index (χ4v) is 2.09. The number of nitrogens with zero attached hydrogens (tertiary/aromatic N) is 2. The third kappa shape index (κ3) is 4.81. The van der Waals surface area contributed by atoms with Gasteiger partial charge < -0.3 is 16.0 Å². The molecular weight excluding hydrogens is 292 g/mol. The number of primary amides is 1. The minimum absolute atomic E-state index is 0.126.